The number of rotatable bonds is 7. The number of benzene rings is 2. The number of ketones is 1. The highest BCUT2D eigenvalue weighted by Gasteiger charge is 2.30. The second-order valence-electron chi connectivity index (χ2n) is 8.51. The van der Waals surface area contributed by atoms with E-state index in [0.717, 1.165) is 18.4 Å². The average molecular weight is 475 g/mol. The maximum absolute atomic E-state index is 13.7. The number of amides is 1. The average Bonchev–Trinajstić information content (AvgIpc) is 3.59. The van der Waals surface area contributed by atoms with Crippen LogP contribution in [0.5, 0.6) is 0 Å². The van der Waals surface area contributed by atoms with Crippen molar-refractivity contribution < 1.29 is 9.59 Å². The minimum absolute atomic E-state index is 0.0400. The number of Topliss-reactive ketones (excluding diaryl/α,β-unsaturated/α-hetero) is 1. The van der Waals surface area contributed by atoms with Crippen molar-refractivity contribution in [3.05, 3.63) is 87.1 Å². The normalized spacial score (nSPS) is 13.4. The molecule has 1 saturated carbocycles. The lowest BCUT2D eigenvalue weighted by molar-refractivity contribution is 0.0975. The quantitative estimate of drug-likeness (QED) is 0.396. The number of fused-ring (bicyclic) bond motifs is 1. The van der Waals surface area contributed by atoms with Crippen LogP contribution in [0.4, 0.5) is 0 Å². The Morgan fingerprint density at radius 3 is 2.47 bits per heavy atom. The van der Waals surface area contributed by atoms with Gasteiger partial charge in [-0.25, -0.2) is 0 Å². The van der Waals surface area contributed by atoms with Crippen molar-refractivity contribution >= 4 is 34.1 Å². The molecular formula is C26H23ClN4O3. The Morgan fingerprint density at radius 1 is 1.09 bits per heavy atom. The molecule has 34 heavy (non-hydrogen) atoms. The summed E-state index contributed by atoms with van der Waals surface area (Å²) < 4.78 is 3.11. The lowest BCUT2D eigenvalue weighted by Crippen LogP contribution is -2.28. The Balaban J connectivity index is 1.80. The molecule has 0 bridgehead atoms. The zero-order valence-corrected chi connectivity index (χ0v) is 19.4. The van der Waals surface area contributed by atoms with Gasteiger partial charge in [0.05, 0.1) is 24.0 Å². The van der Waals surface area contributed by atoms with Crippen LogP contribution in [0.2, 0.25) is 5.02 Å². The molecule has 2 heterocycles. The number of nitrogens with zero attached hydrogens (tertiary/aromatic N) is 3. The van der Waals surface area contributed by atoms with E-state index in [0.29, 0.717) is 38.4 Å². The van der Waals surface area contributed by atoms with Crippen LogP contribution < -0.4 is 11.3 Å². The summed E-state index contributed by atoms with van der Waals surface area (Å²) in [6.07, 6.45) is 2.07. The first-order valence-corrected chi connectivity index (χ1v) is 11.6. The molecule has 8 heteroatoms. The van der Waals surface area contributed by atoms with Crippen LogP contribution in [0.25, 0.3) is 21.9 Å². The van der Waals surface area contributed by atoms with Crippen molar-refractivity contribution in [1.82, 2.24) is 14.3 Å². The van der Waals surface area contributed by atoms with Gasteiger partial charge in [0, 0.05) is 22.4 Å². The Kier molecular flexibility index (Phi) is 5.57. The van der Waals surface area contributed by atoms with E-state index in [4.69, 9.17) is 17.3 Å². The largest absolute Gasteiger partial charge is 0.364 e. The zero-order valence-electron chi connectivity index (χ0n) is 18.6. The van der Waals surface area contributed by atoms with E-state index < -0.39 is 5.91 Å². The molecule has 4 aromatic rings. The van der Waals surface area contributed by atoms with Crippen molar-refractivity contribution in [2.75, 3.05) is 0 Å². The van der Waals surface area contributed by atoms with Gasteiger partial charge in [-0.3, -0.25) is 23.6 Å². The Bertz CT molecular complexity index is 1500. The highest BCUT2D eigenvalue weighted by molar-refractivity contribution is 6.31. The fourth-order valence-corrected chi connectivity index (χ4v) is 4.56. The molecule has 172 valence electrons. The number of aromatic nitrogens is 3. The summed E-state index contributed by atoms with van der Waals surface area (Å²) in [5.74, 6) is -0.740. The van der Waals surface area contributed by atoms with E-state index in [-0.39, 0.29) is 30.3 Å². The molecule has 1 fully saturated rings. The molecule has 0 atom stereocenters. The van der Waals surface area contributed by atoms with E-state index >= 15 is 0 Å². The lowest BCUT2D eigenvalue weighted by atomic mass is 9.94. The maximum atomic E-state index is 13.7. The monoisotopic (exact) mass is 474 g/mol. The summed E-state index contributed by atoms with van der Waals surface area (Å²) in [5, 5.41) is 6.13. The molecule has 0 unspecified atom stereocenters. The summed E-state index contributed by atoms with van der Waals surface area (Å²) in [7, 11) is 0. The highest BCUT2D eigenvalue weighted by Crippen LogP contribution is 2.36. The van der Waals surface area contributed by atoms with Gasteiger partial charge in [-0.2, -0.15) is 5.10 Å². The van der Waals surface area contributed by atoms with Crippen LogP contribution in [0.3, 0.4) is 0 Å². The molecule has 5 rings (SSSR count). The summed E-state index contributed by atoms with van der Waals surface area (Å²) in [4.78, 5) is 39.0. The fraction of sp³-hybridized carbons (Fsp3) is 0.231. The molecule has 0 aliphatic heterocycles. The second-order valence-corrected chi connectivity index (χ2v) is 8.94. The van der Waals surface area contributed by atoms with E-state index in [1.165, 1.54) is 4.57 Å². The first-order chi connectivity index (χ1) is 16.4. The van der Waals surface area contributed by atoms with Crippen LogP contribution in [0, 0.1) is 0 Å². The summed E-state index contributed by atoms with van der Waals surface area (Å²) in [5.41, 5.74) is 7.83. The van der Waals surface area contributed by atoms with E-state index in [2.05, 4.69) is 5.10 Å². The number of primary amides is 1. The van der Waals surface area contributed by atoms with Gasteiger partial charge in [0.15, 0.2) is 5.78 Å². The second kappa shape index (κ2) is 8.57. The van der Waals surface area contributed by atoms with Gasteiger partial charge < -0.3 is 5.73 Å². The topological polar surface area (TPSA) is 100.0 Å². The van der Waals surface area contributed by atoms with Gasteiger partial charge in [0.2, 0.25) is 0 Å². The predicted molar refractivity (Wildman–Crippen MR) is 131 cm³/mol. The van der Waals surface area contributed by atoms with Crippen molar-refractivity contribution in [2.24, 2.45) is 5.73 Å². The summed E-state index contributed by atoms with van der Waals surface area (Å²) in [6, 6.07) is 16.3. The molecule has 0 saturated heterocycles. The van der Waals surface area contributed by atoms with Gasteiger partial charge >= 0.3 is 0 Å². The minimum atomic E-state index is -0.569. The van der Waals surface area contributed by atoms with Crippen LogP contribution in [-0.2, 0) is 6.54 Å². The third-order valence-electron chi connectivity index (χ3n) is 6.13. The molecule has 0 spiro atoms. The molecular weight excluding hydrogens is 452 g/mol. The first kappa shape index (κ1) is 22.1. The van der Waals surface area contributed by atoms with Crippen LogP contribution in [0.1, 0.15) is 58.9 Å². The standard InChI is InChI=1S/C26H23ClN4O3/c1-2-22(32)24-23(15-6-4-3-5-7-15)20-12-16(27)8-11-19(20)26(34)30(24)14-17-13-21(25(28)33)31(29-17)18-9-10-18/h3-8,11-13,18H,2,9-10,14H2,1H3,(H2,28,33). The highest BCUT2D eigenvalue weighted by atomic mass is 35.5. The molecule has 2 N–H and O–H groups in total. The number of carbonyl (C=O) groups excluding carboxylic acids is 2. The predicted octanol–water partition coefficient (Wildman–Crippen LogP) is 4.59. The number of carbonyl (C=O) groups is 2. The van der Waals surface area contributed by atoms with Crippen LogP contribution in [-0.4, -0.2) is 26.0 Å². The van der Waals surface area contributed by atoms with Crippen molar-refractivity contribution in [3.63, 3.8) is 0 Å². The number of hydrogen-bond donors (Lipinski definition) is 1. The number of halogens is 1. The Morgan fingerprint density at radius 2 is 1.82 bits per heavy atom. The fourth-order valence-electron chi connectivity index (χ4n) is 4.39. The van der Waals surface area contributed by atoms with Gasteiger partial charge in [-0.15, -0.1) is 0 Å². The van der Waals surface area contributed by atoms with E-state index in [9.17, 15) is 14.4 Å². The van der Waals surface area contributed by atoms with Gasteiger partial charge in [0.1, 0.15) is 5.69 Å². The number of nitrogens with two attached hydrogens (primary N) is 1. The Labute approximate surface area is 200 Å². The molecule has 1 amide bonds. The number of hydrogen-bond acceptors (Lipinski definition) is 4. The summed E-state index contributed by atoms with van der Waals surface area (Å²) >= 11 is 6.30. The van der Waals surface area contributed by atoms with Crippen LogP contribution in [0.15, 0.2) is 59.4 Å². The molecule has 2 aromatic heterocycles. The maximum Gasteiger partial charge on any atom is 0.266 e. The summed E-state index contributed by atoms with van der Waals surface area (Å²) in [6.45, 7) is 1.80. The molecule has 1 aliphatic carbocycles. The van der Waals surface area contributed by atoms with Crippen LogP contribution >= 0.6 is 11.6 Å². The zero-order chi connectivity index (χ0) is 24.0. The third-order valence-corrected chi connectivity index (χ3v) is 6.37. The van der Waals surface area contributed by atoms with Gasteiger partial charge in [0.25, 0.3) is 11.5 Å². The smallest absolute Gasteiger partial charge is 0.266 e. The molecule has 0 radical (unpaired) electrons. The lowest BCUT2D eigenvalue weighted by Gasteiger charge is -2.19. The van der Waals surface area contributed by atoms with Crippen molar-refractivity contribution in [1.29, 1.82) is 0 Å². The molecule has 7 nitrogen and oxygen atoms in total. The van der Waals surface area contributed by atoms with Crippen molar-refractivity contribution in [3.8, 4) is 11.1 Å². The van der Waals surface area contributed by atoms with Crippen molar-refractivity contribution in [2.45, 2.75) is 38.8 Å². The minimum Gasteiger partial charge on any atom is -0.364 e. The van der Waals surface area contributed by atoms with E-state index in [1.807, 2.05) is 30.3 Å². The molecule has 1 aliphatic rings. The van der Waals surface area contributed by atoms with Gasteiger partial charge in [-0.05, 0) is 48.1 Å². The first-order valence-electron chi connectivity index (χ1n) is 11.2. The Hall–Kier alpha value is -3.71. The molecule has 2 aromatic carbocycles. The van der Waals surface area contributed by atoms with E-state index in [1.54, 1.807) is 35.9 Å². The number of pyridine rings is 1. The third kappa shape index (κ3) is 3.82. The SMILES string of the molecule is CCC(=O)c1c(-c2ccccc2)c2cc(Cl)ccc2c(=O)n1Cc1cc(C(N)=O)n(C2CC2)n1. The van der Waals surface area contributed by atoms with Gasteiger partial charge in [-0.1, -0.05) is 48.9 Å².